The highest BCUT2D eigenvalue weighted by atomic mass is 35.5. The van der Waals surface area contributed by atoms with E-state index in [1.165, 1.54) is 24.0 Å². The van der Waals surface area contributed by atoms with E-state index in [4.69, 9.17) is 23.2 Å². The Kier molecular flexibility index (Phi) is 10.9. The summed E-state index contributed by atoms with van der Waals surface area (Å²) in [5.41, 5.74) is 1.95. The van der Waals surface area contributed by atoms with E-state index >= 15 is 0 Å². The van der Waals surface area contributed by atoms with Crippen LogP contribution in [0.1, 0.15) is 54.1 Å². The number of halogens is 2. The number of hydrogen-bond donors (Lipinski definition) is 1. The van der Waals surface area contributed by atoms with Crippen molar-refractivity contribution in [3.8, 4) is 0 Å². The van der Waals surface area contributed by atoms with Gasteiger partial charge in [-0.15, -0.1) is 0 Å². The molecule has 3 aromatic carbocycles. The largest absolute Gasteiger partial charge is 0.352 e. The maximum atomic E-state index is 14.2. The molecule has 1 fully saturated rings. The van der Waals surface area contributed by atoms with Crippen molar-refractivity contribution in [2.24, 2.45) is 0 Å². The summed E-state index contributed by atoms with van der Waals surface area (Å²) in [7, 11) is -3.96. The molecular weight excluding hydrogens is 609 g/mol. The Hall–Kier alpha value is -3.40. The molecule has 0 saturated heterocycles. The number of nitrogens with one attached hydrogen (secondary N) is 1. The number of benzene rings is 3. The maximum absolute atomic E-state index is 14.2. The Bertz CT molecular complexity index is 1580. The van der Waals surface area contributed by atoms with Gasteiger partial charge in [0.15, 0.2) is 5.78 Å². The summed E-state index contributed by atoms with van der Waals surface area (Å²) in [4.78, 5) is 41.6. The van der Waals surface area contributed by atoms with Crippen molar-refractivity contribution < 1.29 is 22.8 Å². The van der Waals surface area contributed by atoms with E-state index in [0.717, 1.165) is 41.8 Å². The minimum Gasteiger partial charge on any atom is -0.352 e. The van der Waals surface area contributed by atoms with Gasteiger partial charge in [-0.3, -0.25) is 18.7 Å². The highest BCUT2D eigenvalue weighted by Crippen LogP contribution is 2.26. The van der Waals surface area contributed by atoms with Gasteiger partial charge in [0.2, 0.25) is 21.8 Å². The molecule has 3 aromatic rings. The van der Waals surface area contributed by atoms with Crippen LogP contribution in [0.25, 0.3) is 0 Å². The fraction of sp³-hybridized carbons (Fsp3) is 0.344. The SMILES string of the molecule is CC(=O)c1cccc(N(CC(=O)N(Cc2ccc(Cl)c(Cl)c2)[C@H](Cc2ccccc2)C(=O)NC2CCCC2)S(C)(=O)=O)c1. The number of amides is 2. The van der Waals surface area contributed by atoms with Gasteiger partial charge in [-0.05, 0) is 55.2 Å². The molecule has 2 amide bonds. The lowest BCUT2D eigenvalue weighted by molar-refractivity contribution is -0.140. The minimum absolute atomic E-state index is 0.00883. The second-order valence-electron chi connectivity index (χ2n) is 10.8. The standard InChI is InChI=1S/C32H35Cl2N3O5S/c1-22(38)25-11-8-14-27(19-25)37(43(2,41)42)21-31(39)36(20-24-15-16-28(33)29(34)17-24)30(18-23-9-4-3-5-10-23)32(40)35-26-12-6-7-13-26/h3-5,8-11,14-17,19,26,30H,6-7,12-13,18,20-21H2,1-2H3,(H,35,40)/t30-/m1/s1. The third-order valence-electron chi connectivity index (χ3n) is 7.53. The van der Waals surface area contributed by atoms with Crippen molar-refractivity contribution in [1.82, 2.24) is 10.2 Å². The first kappa shape index (κ1) is 32.5. The summed E-state index contributed by atoms with van der Waals surface area (Å²) in [6, 6.07) is 19.5. The third-order valence-corrected chi connectivity index (χ3v) is 9.41. The number of ketones is 1. The normalized spacial score (nSPS) is 14.2. The fourth-order valence-corrected chi connectivity index (χ4v) is 6.41. The Balaban J connectivity index is 1.75. The predicted molar refractivity (Wildman–Crippen MR) is 170 cm³/mol. The van der Waals surface area contributed by atoms with E-state index in [-0.39, 0.29) is 36.4 Å². The van der Waals surface area contributed by atoms with Gasteiger partial charge in [-0.2, -0.15) is 0 Å². The Morgan fingerprint density at radius 1 is 0.907 bits per heavy atom. The van der Waals surface area contributed by atoms with Gasteiger partial charge < -0.3 is 10.2 Å². The predicted octanol–water partition coefficient (Wildman–Crippen LogP) is 5.66. The number of carbonyl (C=O) groups is 3. The van der Waals surface area contributed by atoms with Crippen molar-refractivity contribution >= 4 is 56.5 Å². The fourth-order valence-electron chi connectivity index (χ4n) is 5.25. The zero-order chi connectivity index (χ0) is 31.1. The molecule has 43 heavy (non-hydrogen) atoms. The van der Waals surface area contributed by atoms with Crippen molar-refractivity contribution in [3.05, 3.63) is 99.5 Å². The molecule has 0 heterocycles. The van der Waals surface area contributed by atoms with Gasteiger partial charge in [-0.25, -0.2) is 8.42 Å². The highest BCUT2D eigenvalue weighted by molar-refractivity contribution is 7.92. The molecule has 1 aliphatic carbocycles. The van der Waals surface area contributed by atoms with E-state index < -0.39 is 28.5 Å². The Labute approximate surface area is 263 Å². The molecule has 0 spiro atoms. The Morgan fingerprint density at radius 3 is 2.23 bits per heavy atom. The van der Waals surface area contributed by atoms with Crippen molar-refractivity contribution in [2.45, 2.75) is 57.7 Å². The van der Waals surface area contributed by atoms with Crippen LogP contribution in [-0.2, 0) is 32.6 Å². The van der Waals surface area contributed by atoms with Crippen LogP contribution in [0.2, 0.25) is 10.0 Å². The molecule has 0 aliphatic heterocycles. The van der Waals surface area contributed by atoms with Gasteiger partial charge in [0.25, 0.3) is 0 Å². The first-order valence-corrected chi connectivity index (χ1v) is 16.7. The number of nitrogens with zero attached hydrogens (tertiary/aromatic N) is 2. The molecule has 1 aliphatic rings. The smallest absolute Gasteiger partial charge is 0.244 e. The molecular formula is C32H35Cl2N3O5S. The molecule has 0 radical (unpaired) electrons. The van der Waals surface area contributed by atoms with Gasteiger partial charge >= 0.3 is 0 Å². The number of carbonyl (C=O) groups excluding carboxylic acids is 3. The quantitative estimate of drug-likeness (QED) is 0.257. The molecule has 0 unspecified atom stereocenters. The van der Waals surface area contributed by atoms with E-state index in [1.807, 2.05) is 30.3 Å². The molecule has 0 bridgehead atoms. The van der Waals surface area contributed by atoms with Gasteiger partial charge in [-0.1, -0.05) is 84.6 Å². The molecule has 11 heteroatoms. The molecule has 1 N–H and O–H groups in total. The lowest BCUT2D eigenvalue weighted by Crippen LogP contribution is -2.54. The minimum atomic E-state index is -3.96. The van der Waals surface area contributed by atoms with Crippen LogP contribution in [0.4, 0.5) is 5.69 Å². The van der Waals surface area contributed by atoms with E-state index in [0.29, 0.717) is 21.2 Å². The van der Waals surface area contributed by atoms with E-state index in [2.05, 4.69) is 5.32 Å². The molecule has 1 saturated carbocycles. The van der Waals surface area contributed by atoms with Crippen molar-refractivity contribution in [1.29, 1.82) is 0 Å². The van der Waals surface area contributed by atoms with Crippen LogP contribution in [0.5, 0.6) is 0 Å². The second-order valence-corrected chi connectivity index (χ2v) is 13.6. The van der Waals surface area contributed by atoms with Crippen molar-refractivity contribution in [3.63, 3.8) is 0 Å². The maximum Gasteiger partial charge on any atom is 0.244 e. The van der Waals surface area contributed by atoms with Crippen LogP contribution >= 0.6 is 23.2 Å². The second kappa shape index (κ2) is 14.4. The number of anilines is 1. The topological polar surface area (TPSA) is 104 Å². The van der Waals surface area contributed by atoms with Gasteiger partial charge in [0.05, 0.1) is 22.0 Å². The van der Waals surface area contributed by atoms with Crippen LogP contribution < -0.4 is 9.62 Å². The van der Waals surface area contributed by atoms with Crippen LogP contribution in [-0.4, -0.2) is 55.8 Å². The molecule has 4 rings (SSSR count). The van der Waals surface area contributed by atoms with E-state index in [1.54, 1.807) is 30.3 Å². The van der Waals surface area contributed by atoms with Crippen molar-refractivity contribution in [2.75, 3.05) is 17.1 Å². The molecule has 1 atom stereocenters. The number of sulfonamides is 1. The van der Waals surface area contributed by atoms with Gasteiger partial charge in [0.1, 0.15) is 12.6 Å². The number of hydrogen-bond acceptors (Lipinski definition) is 5. The first-order valence-electron chi connectivity index (χ1n) is 14.1. The average Bonchev–Trinajstić information content (AvgIpc) is 3.48. The molecule has 8 nitrogen and oxygen atoms in total. The highest BCUT2D eigenvalue weighted by Gasteiger charge is 2.34. The lowest BCUT2D eigenvalue weighted by Gasteiger charge is -2.34. The monoisotopic (exact) mass is 643 g/mol. The first-order chi connectivity index (χ1) is 20.4. The molecule has 0 aromatic heterocycles. The number of Topliss-reactive ketones (excluding diaryl/α,β-unsaturated/α-hetero) is 1. The van der Waals surface area contributed by atoms with Crippen LogP contribution in [0.15, 0.2) is 72.8 Å². The van der Waals surface area contributed by atoms with Crippen LogP contribution in [0.3, 0.4) is 0 Å². The summed E-state index contributed by atoms with van der Waals surface area (Å²) in [5, 5.41) is 3.76. The average molecular weight is 645 g/mol. The summed E-state index contributed by atoms with van der Waals surface area (Å²) < 4.78 is 26.9. The third kappa shape index (κ3) is 8.81. The Morgan fingerprint density at radius 2 is 1.60 bits per heavy atom. The summed E-state index contributed by atoms with van der Waals surface area (Å²) >= 11 is 12.4. The lowest BCUT2D eigenvalue weighted by atomic mass is 10.0. The summed E-state index contributed by atoms with van der Waals surface area (Å²) in [5.74, 6) is -1.14. The summed E-state index contributed by atoms with van der Waals surface area (Å²) in [6.45, 7) is 0.783. The molecule has 228 valence electrons. The van der Waals surface area contributed by atoms with Gasteiger partial charge in [0, 0.05) is 24.6 Å². The number of rotatable bonds is 12. The van der Waals surface area contributed by atoms with Crippen LogP contribution in [0, 0.1) is 0 Å². The van der Waals surface area contributed by atoms with E-state index in [9.17, 15) is 22.8 Å². The zero-order valence-electron chi connectivity index (χ0n) is 24.1. The zero-order valence-corrected chi connectivity index (χ0v) is 26.5. The summed E-state index contributed by atoms with van der Waals surface area (Å²) in [6.07, 6.45) is 4.97.